The van der Waals surface area contributed by atoms with E-state index in [1.807, 2.05) is 6.92 Å². The zero-order valence-corrected chi connectivity index (χ0v) is 11.9. The van der Waals surface area contributed by atoms with Crippen molar-refractivity contribution in [2.45, 2.75) is 13.3 Å². The average Bonchev–Trinajstić information content (AvgIpc) is 2.51. The lowest BCUT2D eigenvalue weighted by molar-refractivity contribution is 0.0600. The van der Waals surface area contributed by atoms with Crippen LogP contribution >= 0.6 is 0 Å². The van der Waals surface area contributed by atoms with Crippen LogP contribution in [0.2, 0.25) is 0 Å². The summed E-state index contributed by atoms with van der Waals surface area (Å²) in [4.78, 5) is 15.6. The van der Waals surface area contributed by atoms with Crippen molar-refractivity contribution >= 4 is 5.97 Å². The van der Waals surface area contributed by atoms with E-state index in [4.69, 9.17) is 4.74 Å². The SMILES string of the molecule is CCCOc1cncc(-c2cc(F)cc(C(=O)OC)c2)c1. The van der Waals surface area contributed by atoms with Crippen molar-refractivity contribution in [3.05, 3.63) is 48.0 Å². The predicted molar refractivity (Wildman–Crippen MR) is 76.8 cm³/mol. The predicted octanol–water partition coefficient (Wildman–Crippen LogP) is 3.46. The maximum Gasteiger partial charge on any atom is 0.337 e. The van der Waals surface area contributed by atoms with Crippen LogP contribution in [0.4, 0.5) is 4.39 Å². The molecule has 0 radical (unpaired) electrons. The van der Waals surface area contributed by atoms with E-state index in [1.54, 1.807) is 24.5 Å². The average molecular weight is 289 g/mol. The largest absolute Gasteiger partial charge is 0.492 e. The highest BCUT2D eigenvalue weighted by Gasteiger charge is 2.11. The second-order valence-corrected chi connectivity index (χ2v) is 4.48. The van der Waals surface area contributed by atoms with Crippen LogP contribution in [0.5, 0.6) is 5.75 Å². The van der Waals surface area contributed by atoms with Crippen LogP contribution < -0.4 is 4.74 Å². The van der Waals surface area contributed by atoms with E-state index in [2.05, 4.69) is 9.72 Å². The number of esters is 1. The van der Waals surface area contributed by atoms with Gasteiger partial charge in [0.1, 0.15) is 11.6 Å². The second-order valence-electron chi connectivity index (χ2n) is 4.48. The number of aromatic nitrogens is 1. The minimum atomic E-state index is -0.581. The number of pyridine rings is 1. The molecule has 21 heavy (non-hydrogen) atoms. The summed E-state index contributed by atoms with van der Waals surface area (Å²) in [5, 5.41) is 0. The summed E-state index contributed by atoms with van der Waals surface area (Å²) in [6.45, 7) is 2.59. The molecular formula is C16H16FNO3. The van der Waals surface area contributed by atoms with Crippen molar-refractivity contribution in [3.8, 4) is 16.9 Å². The maximum absolute atomic E-state index is 13.7. The fourth-order valence-electron chi connectivity index (χ4n) is 1.87. The number of halogens is 1. The summed E-state index contributed by atoms with van der Waals surface area (Å²) >= 11 is 0. The number of hydrogen-bond donors (Lipinski definition) is 0. The highest BCUT2D eigenvalue weighted by molar-refractivity contribution is 5.91. The van der Waals surface area contributed by atoms with Gasteiger partial charge in [-0.3, -0.25) is 4.98 Å². The number of rotatable bonds is 5. The van der Waals surface area contributed by atoms with E-state index in [0.717, 1.165) is 12.5 Å². The van der Waals surface area contributed by atoms with Crippen molar-refractivity contribution in [1.82, 2.24) is 4.98 Å². The summed E-state index contributed by atoms with van der Waals surface area (Å²) in [5.41, 5.74) is 1.38. The van der Waals surface area contributed by atoms with E-state index in [1.165, 1.54) is 13.2 Å². The second kappa shape index (κ2) is 6.83. The van der Waals surface area contributed by atoms with Crippen molar-refractivity contribution in [3.63, 3.8) is 0 Å². The van der Waals surface area contributed by atoms with Crippen LogP contribution in [-0.4, -0.2) is 24.7 Å². The number of methoxy groups -OCH3 is 1. The van der Waals surface area contributed by atoms with Gasteiger partial charge in [-0.1, -0.05) is 6.92 Å². The molecule has 110 valence electrons. The quantitative estimate of drug-likeness (QED) is 0.791. The number of hydrogen-bond acceptors (Lipinski definition) is 4. The van der Waals surface area contributed by atoms with E-state index < -0.39 is 11.8 Å². The molecule has 0 atom stereocenters. The Hall–Kier alpha value is -2.43. The highest BCUT2D eigenvalue weighted by Crippen LogP contribution is 2.25. The van der Waals surface area contributed by atoms with Gasteiger partial charge in [-0.2, -0.15) is 0 Å². The molecule has 0 unspecified atom stereocenters. The lowest BCUT2D eigenvalue weighted by Gasteiger charge is -2.08. The third-order valence-corrected chi connectivity index (χ3v) is 2.84. The minimum Gasteiger partial charge on any atom is -0.492 e. The Labute approximate surface area is 122 Å². The first kappa shape index (κ1) is 15.0. The van der Waals surface area contributed by atoms with Crippen LogP contribution in [0.1, 0.15) is 23.7 Å². The first-order chi connectivity index (χ1) is 10.1. The molecule has 4 nitrogen and oxygen atoms in total. The Kier molecular flexibility index (Phi) is 4.87. The van der Waals surface area contributed by atoms with Gasteiger partial charge in [0.15, 0.2) is 0 Å². The first-order valence-electron chi connectivity index (χ1n) is 6.61. The molecule has 0 saturated carbocycles. The molecule has 0 bridgehead atoms. The van der Waals surface area contributed by atoms with E-state index in [0.29, 0.717) is 23.5 Å². The van der Waals surface area contributed by atoms with Crippen LogP contribution in [0, 0.1) is 5.82 Å². The Balaban J connectivity index is 2.37. The van der Waals surface area contributed by atoms with Gasteiger partial charge >= 0.3 is 5.97 Å². The Morgan fingerprint density at radius 3 is 2.71 bits per heavy atom. The van der Waals surface area contributed by atoms with Gasteiger partial charge in [0.05, 0.1) is 25.5 Å². The van der Waals surface area contributed by atoms with Gasteiger partial charge in [-0.25, -0.2) is 9.18 Å². The molecule has 1 aromatic carbocycles. The topological polar surface area (TPSA) is 48.4 Å². The molecule has 0 aliphatic carbocycles. The number of carbonyl (C=O) groups excluding carboxylic acids is 1. The Morgan fingerprint density at radius 1 is 1.19 bits per heavy atom. The Bertz CT molecular complexity index is 643. The summed E-state index contributed by atoms with van der Waals surface area (Å²) < 4.78 is 23.8. The normalized spacial score (nSPS) is 10.2. The molecule has 0 aliphatic rings. The third-order valence-electron chi connectivity index (χ3n) is 2.84. The summed E-state index contributed by atoms with van der Waals surface area (Å²) in [5.74, 6) is -0.479. The minimum absolute atomic E-state index is 0.160. The molecule has 2 rings (SSSR count). The molecule has 5 heteroatoms. The maximum atomic E-state index is 13.7. The third kappa shape index (κ3) is 3.78. The smallest absolute Gasteiger partial charge is 0.337 e. The molecular weight excluding hydrogens is 273 g/mol. The number of benzene rings is 1. The number of nitrogens with zero attached hydrogens (tertiary/aromatic N) is 1. The zero-order chi connectivity index (χ0) is 15.2. The van der Waals surface area contributed by atoms with Gasteiger partial charge in [0.25, 0.3) is 0 Å². The zero-order valence-electron chi connectivity index (χ0n) is 11.9. The van der Waals surface area contributed by atoms with Crippen molar-refractivity contribution in [2.24, 2.45) is 0 Å². The molecule has 1 heterocycles. The van der Waals surface area contributed by atoms with E-state index in [9.17, 15) is 9.18 Å². The van der Waals surface area contributed by atoms with Gasteiger partial charge < -0.3 is 9.47 Å². The molecule has 0 spiro atoms. The summed E-state index contributed by atoms with van der Waals surface area (Å²) in [6, 6.07) is 5.81. The molecule has 1 aromatic heterocycles. The molecule has 0 N–H and O–H groups in total. The number of carbonyl (C=O) groups is 1. The van der Waals surface area contributed by atoms with Crippen molar-refractivity contribution in [2.75, 3.05) is 13.7 Å². The number of ether oxygens (including phenoxy) is 2. The molecule has 0 fully saturated rings. The van der Waals surface area contributed by atoms with Crippen molar-refractivity contribution in [1.29, 1.82) is 0 Å². The Morgan fingerprint density at radius 2 is 2.00 bits per heavy atom. The molecule has 0 aliphatic heterocycles. The van der Waals surface area contributed by atoms with Gasteiger partial charge in [0.2, 0.25) is 0 Å². The summed E-state index contributed by atoms with van der Waals surface area (Å²) in [7, 11) is 1.26. The van der Waals surface area contributed by atoms with E-state index >= 15 is 0 Å². The monoisotopic (exact) mass is 289 g/mol. The van der Waals surface area contributed by atoms with Gasteiger partial charge in [-0.05, 0) is 36.2 Å². The molecule has 2 aromatic rings. The molecule has 0 amide bonds. The van der Waals surface area contributed by atoms with E-state index in [-0.39, 0.29) is 5.56 Å². The first-order valence-corrected chi connectivity index (χ1v) is 6.61. The summed E-state index contributed by atoms with van der Waals surface area (Å²) in [6.07, 6.45) is 4.07. The van der Waals surface area contributed by atoms with Crippen LogP contribution in [-0.2, 0) is 4.74 Å². The highest BCUT2D eigenvalue weighted by atomic mass is 19.1. The fraction of sp³-hybridized carbons (Fsp3) is 0.250. The van der Waals surface area contributed by atoms with Gasteiger partial charge in [0, 0.05) is 11.8 Å². The van der Waals surface area contributed by atoms with Crippen LogP contribution in [0.3, 0.4) is 0 Å². The standard InChI is InChI=1S/C16H16FNO3/c1-3-4-21-15-8-13(9-18-10-15)11-5-12(16(19)20-2)7-14(17)6-11/h5-10H,3-4H2,1-2H3. The molecule has 0 saturated heterocycles. The van der Waals surface area contributed by atoms with Crippen molar-refractivity contribution < 1.29 is 18.7 Å². The van der Waals surface area contributed by atoms with Crippen LogP contribution in [0.25, 0.3) is 11.1 Å². The lowest BCUT2D eigenvalue weighted by atomic mass is 10.0. The fourth-order valence-corrected chi connectivity index (χ4v) is 1.87. The van der Waals surface area contributed by atoms with Crippen LogP contribution in [0.15, 0.2) is 36.7 Å². The lowest BCUT2D eigenvalue weighted by Crippen LogP contribution is -2.02. The van der Waals surface area contributed by atoms with Gasteiger partial charge in [-0.15, -0.1) is 0 Å².